The maximum atomic E-state index is 13.4. The van der Waals surface area contributed by atoms with Gasteiger partial charge in [-0.25, -0.2) is 8.42 Å². The van der Waals surface area contributed by atoms with Crippen LogP contribution in [0, 0.1) is 0 Å². The molecule has 156 valence electrons. The number of fused-ring (bicyclic) bond motifs is 1. The van der Waals surface area contributed by atoms with Crippen molar-refractivity contribution in [3.8, 4) is 0 Å². The van der Waals surface area contributed by atoms with Gasteiger partial charge in [0.2, 0.25) is 15.9 Å². The minimum Gasteiger partial charge on any atom is -0.340 e. The summed E-state index contributed by atoms with van der Waals surface area (Å²) in [6.07, 6.45) is 0.397. The largest absolute Gasteiger partial charge is 0.340 e. The first kappa shape index (κ1) is 20.9. The molecule has 1 heterocycles. The Morgan fingerprint density at radius 2 is 1.70 bits per heavy atom. The summed E-state index contributed by atoms with van der Waals surface area (Å²) in [7, 11) is -2.12. The van der Waals surface area contributed by atoms with Crippen molar-refractivity contribution in [2.45, 2.75) is 29.2 Å². The lowest BCUT2D eigenvalue weighted by Crippen LogP contribution is -2.46. The summed E-state index contributed by atoms with van der Waals surface area (Å²) in [5, 5.41) is 1.64. The van der Waals surface area contributed by atoms with Crippen molar-refractivity contribution in [2.75, 3.05) is 13.6 Å². The lowest BCUT2D eigenvalue weighted by molar-refractivity contribution is -0.133. The molecule has 0 spiro atoms. The van der Waals surface area contributed by atoms with E-state index in [2.05, 4.69) is 12.6 Å². The number of carbonyl (C=O) groups is 1. The predicted molar refractivity (Wildman–Crippen MR) is 122 cm³/mol. The van der Waals surface area contributed by atoms with Crippen LogP contribution in [0.5, 0.6) is 0 Å². The fourth-order valence-corrected chi connectivity index (χ4v) is 6.09. The topological polar surface area (TPSA) is 57.7 Å². The molecule has 0 saturated carbocycles. The number of sulfonamides is 1. The average molecular weight is 441 g/mol. The maximum Gasteiger partial charge on any atom is 0.243 e. The fraction of sp³-hybridized carbons (Fsp3) is 0.261. The lowest BCUT2D eigenvalue weighted by Gasteiger charge is -2.27. The Bertz CT molecular complexity index is 1170. The van der Waals surface area contributed by atoms with Gasteiger partial charge in [-0.3, -0.25) is 4.79 Å². The Kier molecular flexibility index (Phi) is 5.86. The number of thiol groups is 1. The molecule has 0 N–H and O–H groups in total. The molecule has 1 aliphatic heterocycles. The van der Waals surface area contributed by atoms with Gasteiger partial charge in [0.05, 0.1) is 4.90 Å². The van der Waals surface area contributed by atoms with E-state index >= 15 is 0 Å². The van der Waals surface area contributed by atoms with Gasteiger partial charge in [-0.15, -0.1) is 0 Å². The van der Waals surface area contributed by atoms with Crippen LogP contribution in [0.4, 0.5) is 0 Å². The van der Waals surface area contributed by atoms with E-state index in [1.807, 2.05) is 54.6 Å². The van der Waals surface area contributed by atoms with Crippen molar-refractivity contribution in [2.24, 2.45) is 0 Å². The predicted octanol–water partition coefficient (Wildman–Crippen LogP) is 3.56. The number of likely N-dealkylation sites (N-methyl/N-ethyl adjacent to an activating group) is 1. The van der Waals surface area contributed by atoms with Crippen molar-refractivity contribution in [1.29, 1.82) is 0 Å². The molecule has 4 rings (SSSR count). The van der Waals surface area contributed by atoms with E-state index in [0.29, 0.717) is 13.0 Å². The van der Waals surface area contributed by atoms with Crippen LogP contribution >= 0.6 is 12.6 Å². The Hall–Kier alpha value is -2.35. The van der Waals surface area contributed by atoms with Crippen LogP contribution < -0.4 is 0 Å². The van der Waals surface area contributed by atoms with E-state index in [4.69, 9.17) is 0 Å². The van der Waals surface area contributed by atoms with Crippen molar-refractivity contribution >= 4 is 39.3 Å². The number of amides is 1. The Balaban J connectivity index is 1.61. The van der Waals surface area contributed by atoms with Crippen LogP contribution in [-0.2, 0) is 21.4 Å². The van der Waals surface area contributed by atoms with Gasteiger partial charge in [0.1, 0.15) is 6.04 Å². The first-order valence-corrected chi connectivity index (χ1v) is 11.8. The molecule has 1 saturated heterocycles. The van der Waals surface area contributed by atoms with E-state index < -0.39 is 16.1 Å². The molecule has 1 fully saturated rings. The summed E-state index contributed by atoms with van der Waals surface area (Å²) in [6, 6.07) is 21.6. The highest BCUT2D eigenvalue weighted by Gasteiger charge is 2.43. The Labute approximate surface area is 182 Å². The molecular formula is C23H24N2O3S2. The number of hydrogen-bond donors (Lipinski definition) is 1. The second-order valence-corrected chi connectivity index (χ2v) is 10.3. The van der Waals surface area contributed by atoms with Gasteiger partial charge in [0.15, 0.2) is 0 Å². The van der Waals surface area contributed by atoms with Gasteiger partial charge in [0.25, 0.3) is 0 Å². The first-order valence-electron chi connectivity index (χ1n) is 9.84. The monoisotopic (exact) mass is 440 g/mol. The summed E-state index contributed by atoms with van der Waals surface area (Å²) < 4.78 is 28.2. The molecule has 2 atom stereocenters. The minimum absolute atomic E-state index is 0.181. The molecule has 0 aromatic heterocycles. The van der Waals surface area contributed by atoms with E-state index in [0.717, 1.165) is 16.3 Å². The van der Waals surface area contributed by atoms with Crippen LogP contribution in [0.15, 0.2) is 77.7 Å². The van der Waals surface area contributed by atoms with Crippen LogP contribution in [0.3, 0.4) is 0 Å². The number of carbonyl (C=O) groups excluding carboxylic acids is 1. The lowest BCUT2D eigenvalue weighted by atomic mass is 10.1. The van der Waals surface area contributed by atoms with Gasteiger partial charge in [-0.2, -0.15) is 16.9 Å². The second kappa shape index (κ2) is 8.41. The summed E-state index contributed by atoms with van der Waals surface area (Å²) in [5.41, 5.74) is 0.998. The molecule has 7 heteroatoms. The van der Waals surface area contributed by atoms with Crippen molar-refractivity contribution in [1.82, 2.24) is 9.21 Å². The highest BCUT2D eigenvalue weighted by Crippen LogP contribution is 2.31. The zero-order valence-corrected chi connectivity index (χ0v) is 18.4. The number of hydrogen-bond acceptors (Lipinski definition) is 4. The Morgan fingerprint density at radius 3 is 2.43 bits per heavy atom. The molecule has 1 aliphatic rings. The van der Waals surface area contributed by atoms with Crippen molar-refractivity contribution in [3.05, 3.63) is 78.4 Å². The molecule has 0 bridgehead atoms. The van der Waals surface area contributed by atoms with Gasteiger partial charge in [0, 0.05) is 25.4 Å². The summed E-state index contributed by atoms with van der Waals surface area (Å²) >= 11 is 4.50. The summed E-state index contributed by atoms with van der Waals surface area (Å²) in [5.74, 6) is -0.209. The van der Waals surface area contributed by atoms with E-state index in [1.165, 1.54) is 4.31 Å². The van der Waals surface area contributed by atoms with E-state index in [-0.39, 0.29) is 22.6 Å². The smallest absolute Gasteiger partial charge is 0.243 e. The third-order valence-electron chi connectivity index (χ3n) is 5.49. The van der Waals surface area contributed by atoms with Gasteiger partial charge in [-0.1, -0.05) is 60.7 Å². The molecule has 30 heavy (non-hydrogen) atoms. The number of nitrogens with zero attached hydrogens (tertiary/aromatic N) is 2. The van der Waals surface area contributed by atoms with Gasteiger partial charge >= 0.3 is 0 Å². The van der Waals surface area contributed by atoms with Crippen LogP contribution in [-0.4, -0.2) is 48.4 Å². The van der Waals surface area contributed by atoms with Crippen LogP contribution in [0.1, 0.15) is 12.0 Å². The third-order valence-corrected chi connectivity index (χ3v) is 7.73. The summed E-state index contributed by atoms with van der Waals surface area (Å²) in [6.45, 7) is 0.644. The van der Waals surface area contributed by atoms with Crippen molar-refractivity contribution < 1.29 is 13.2 Å². The molecule has 0 radical (unpaired) electrons. The fourth-order valence-electron chi connectivity index (χ4n) is 3.93. The number of rotatable bonds is 5. The normalized spacial score (nSPS) is 19.8. The zero-order chi connectivity index (χ0) is 21.3. The summed E-state index contributed by atoms with van der Waals surface area (Å²) in [4.78, 5) is 15.0. The molecule has 5 nitrogen and oxygen atoms in total. The highest BCUT2D eigenvalue weighted by molar-refractivity contribution is 7.89. The third kappa shape index (κ3) is 4.10. The van der Waals surface area contributed by atoms with Gasteiger partial charge < -0.3 is 4.90 Å². The zero-order valence-electron chi connectivity index (χ0n) is 16.7. The maximum absolute atomic E-state index is 13.4. The van der Waals surface area contributed by atoms with Crippen LogP contribution in [0.2, 0.25) is 0 Å². The molecule has 3 aromatic carbocycles. The van der Waals surface area contributed by atoms with E-state index in [1.54, 1.807) is 30.1 Å². The standard InChI is InChI=1S/C23H24N2O3S2/c1-24(15-17-7-3-2-4-8-17)23(26)22-14-20(29)16-25(22)30(27,28)21-12-11-18-9-5-6-10-19(18)13-21/h2-13,20,22,29H,14-16H2,1H3/t20-,22-/m1/s1. The van der Waals surface area contributed by atoms with Crippen LogP contribution in [0.25, 0.3) is 10.8 Å². The molecule has 3 aromatic rings. The molecular weight excluding hydrogens is 416 g/mol. The average Bonchev–Trinajstić information content (AvgIpc) is 3.16. The van der Waals surface area contributed by atoms with E-state index in [9.17, 15) is 13.2 Å². The highest BCUT2D eigenvalue weighted by atomic mass is 32.2. The molecule has 0 aliphatic carbocycles. The van der Waals surface area contributed by atoms with Crippen molar-refractivity contribution in [3.63, 3.8) is 0 Å². The first-order chi connectivity index (χ1) is 14.4. The number of benzene rings is 3. The molecule has 1 amide bonds. The second-order valence-electron chi connectivity index (χ2n) is 7.67. The van der Waals surface area contributed by atoms with Gasteiger partial charge in [-0.05, 0) is 34.9 Å². The minimum atomic E-state index is -3.83. The molecule has 0 unspecified atom stereocenters. The SMILES string of the molecule is CN(Cc1ccccc1)C(=O)[C@H]1C[C@@H](S)CN1S(=O)(=O)c1ccc2ccccc2c1. The quantitative estimate of drug-likeness (QED) is 0.617. The Morgan fingerprint density at radius 1 is 1.03 bits per heavy atom.